The van der Waals surface area contributed by atoms with Crippen LogP contribution in [-0.2, 0) is 6.54 Å². The summed E-state index contributed by atoms with van der Waals surface area (Å²) in [5.41, 5.74) is 5.99. The Morgan fingerprint density at radius 2 is 2.04 bits per heavy atom. The van der Waals surface area contributed by atoms with Gasteiger partial charge in [-0.15, -0.1) is 11.3 Å². The van der Waals surface area contributed by atoms with Crippen LogP contribution in [0.15, 0.2) is 66.3 Å². The first kappa shape index (κ1) is 16.4. The summed E-state index contributed by atoms with van der Waals surface area (Å²) >= 11 is 1.68. The summed E-state index contributed by atoms with van der Waals surface area (Å²) < 4.78 is 3.09. The predicted molar refractivity (Wildman–Crippen MR) is 109 cm³/mol. The fourth-order valence-electron chi connectivity index (χ4n) is 2.94. The molecule has 0 atom stereocenters. The number of aromatic nitrogens is 3. The zero-order valence-corrected chi connectivity index (χ0v) is 15.2. The second-order valence-corrected chi connectivity index (χ2v) is 6.90. The molecule has 0 radical (unpaired) electrons. The lowest BCUT2D eigenvalue weighted by molar-refractivity contribution is 0.687. The smallest absolute Gasteiger partial charge is 0.0896 e. The van der Waals surface area contributed by atoms with Crippen LogP contribution in [0.1, 0.15) is 18.2 Å². The first-order valence-corrected chi connectivity index (χ1v) is 9.28. The Kier molecular flexibility index (Phi) is 4.46. The normalized spacial score (nSPS) is 11.8. The van der Waals surface area contributed by atoms with Gasteiger partial charge in [-0.2, -0.15) is 5.10 Å². The van der Waals surface area contributed by atoms with Gasteiger partial charge >= 0.3 is 0 Å². The maximum absolute atomic E-state index is 7.55. The van der Waals surface area contributed by atoms with E-state index in [4.69, 9.17) is 10.4 Å². The van der Waals surface area contributed by atoms with Gasteiger partial charge in [-0.25, -0.2) is 4.98 Å². The van der Waals surface area contributed by atoms with E-state index in [-0.39, 0.29) is 0 Å². The lowest BCUT2D eigenvalue weighted by atomic mass is 10.1. The third-order valence-corrected chi connectivity index (χ3v) is 5.25. The number of fused-ring (bicyclic) bond motifs is 1. The molecule has 0 bridgehead atoms. The minimum absolute atomic E-state index is 0.748. The van der Waals surface area contributed by atoms with Gasteiger partial charge in [0.2, 0.25) is 0 Å². The van der Waals surface area contributed by atoms with E-state index in [9.17, 15) is 0 Å². The van der Waals surface area contributed by atoms with Crippen LogP contribution in [0.2, 0.25) is 0 Å². The molecule has 0 aliphatic carbocycles. The molecule has 5 heteroatoms. The van der Waals surface area contributed by atoms with Gasteiger partial charge in [-0.3, -0.25) is 4.68 Å². The number of benzene rings is 1. The van der Waals surface area contributed by atoms with Crippen molar-refractivity contribution < 1.29 is 0 Å². The molecule has 0 saturated heterocycles. The summed E-state index contributed by atoms with van der Waals surface area (Å²) in [4.78, 5) is 4.80. The predicted octanol–water partition coefficient (Wildman–Crippen LogP) is 5.26. The zero-order valence-electron chi connectivity index (χ0n) is 14.4. The topological polar surface area (TPSA) is 54.6 Å². The molecule has 0 spiro atoms. The lowest BCUT2D eigenvalue weighted by Crippen LogP contribution is -1.99. The van der Waals surface area contributed by atoms with Crippen molar-refractivity contribution in [1.29, 1.82) is 5.41 Å². The third kappa shape index (κ3) is 3.09. The largest absolute Gasteiger partial charge is 0.308 e. The molecule has 0 aliphatic rings. The summed E-state index contributed by atoms with van der Waals surface area (Å²) in [6.45, 7) is 2.67. The molecule has 4 nitrogen and oxygen atoms in total. The summed E-state index contributed by atoms with van der Waals surface area (Å²) in [5.74, 6) is 0. The van der Waals surface area contributed by atoms with Crippen molar-refractivity contribution >= 4 is 33.3 Å². The number of allylic oxidation sites excluding steroid dienone is 2. The minimum atomic E-state index is 0.748. The summed E-state index contributed by atoms with van der Waals surface area (Å²) in [7, 11) is 0. The molecule has 4 rings (SSSR count). The second kappa shape index (κ2) is 7.06. The highest BCUT2D eigenvalue weighted by Crippen LogP contribution is 2.33. The van der Waals surface area contributed by atoms with Crippen LogP contribution >= 0.6 is 11.3 Å². The summed E-state index contributed by atoms with van der Waals surface area (Å²) in [6.07, 6.45) is 7.21. The van der Waals surface area contributed by atoms with Gasteiger partial charge in [0.25, 0.3) is 0 Å². The monoisotopic (exact) mass is 358 g/mol. The third-order valence-electron chi connectivity index (χ3n) is 4.31. The number of nitrogens with one attached hydrogen (secondary N) is 1. The Morgan fingerprint density at radius 1 is 1.19 bits per heavy atom. The highest BCUT2D eigenvalue weighted by atomic mass is 32.1. The van der Waals surface area contributed by atoms with E-state index in [1.165, 1.54) is 11.8 Å². The van der Waals surface area contributed by atoms with Gasteiger partial charge in [0.05, 0.1) is 28.7 Å². The highest BCUT2D eigenvalue weighted by molar-refractivity contribution is 7.17. The Morgan fingerprint density at radius 3 is 2.81 bits per heavy atom. The van der Waals surface area contributed by atoms with Crippen LogP contribution in [0.25, 0.3) is 26.9 Å². The molecule has 3 aromatic heterocycles. The lowest BCUT2D eigenvalue weighted by Gasteiger charge is -2.02. The number of nitrogens with zero attached hydrogens (tertiary/aromatic N) is 3. The van der Waals surface area contributed by atoms with Gasteiger partial charge in [-0.1, -0.05) is 36.4 Å². The highest BCUT2D eigenvalue weighted by Gasteiger charge is 2.12. The number of rotatable bonds is 5. The summed E-state index contributed by atoms with van der Waals surface area (Å²) in [6, 6.07) is 14.4. The maximum atomic E-state index is 7.55. The Hall–Kier alpha value is -3.05. The Bertz CT molecular complexity index is 1090. The van der Waals surface area contributed by atoms with Crippen LogP contribution < -0.4 is 0 Å². The van der Waals surface area contributed by atoms with Crippen LogP contribution in [0, 0.1) is 5.41 Å². The molecule has 128 valence electrons. The van der Waals surface area contributed by atoms with Gasteiger partial charge in [0.15, 0.2) is 0 Å². The van der Waals surface area contributed by atoms with Crippen molar-refractivity contribution in [3.8, 4) is 11.1 Å². The van der Waals surface area contributed by atoms with Crippen molar-refractivity contribution in [3.05, 3.63) is 77.6 Å². The molecular formula is C21H18N4S. The average Bonchev–Trinajstić information content (AvgIpc) is 3.30. The maximum Gasteiger partial charge on any atom is 0.0896 e. The molecule has 26 heavy (non-hydrogen) atoms. The van der Waals surface area contributed by atoms with Crippen molar-refractivity contribution in [3.63, 3.8) is 0 Å². The zero-order chi connectivity index (χ0) is 17.9. The SMILES string of the molecule is C/C=C(\C=N)c1ccc2scc(-c3cnn(Cc4ccccc4)c3)c2n1. The van der Waals surface area contributed by atoms with Crippen molar-refractivity contribution in [2.24, 2.45) is 0 Å². The van der Waals surface area contributed by atoms with E-state index in [1.807, 2.05) is 48.1 Å². The molecule has 0 fully saturated rings. The van der Waals surface area contributed by atoms with E-state index in [0.29, 0.717) is 0 Å². The van der Waals surface area contributed by atoms with Crippen LogP contribution in [0.5, 0.6) is 0 Å². The molecular weight excluding hydrogens is 340 g/mol. The van der Waals surface area contributed by atoms with E-state index in [2.05, 4.69) is 34.9 Å². The Balaban J connectivity index is 1.71. The van der Waals surface area contributed by atoms with Crippen LogP contribution in [-0.4, -0.2) is 21.0 Å². The number of hydrogen-bond donors (Lipinski definition) is 1. The van der Waals surface area contributed by atoms with Crippen molar-refractivity contribution in [1.82, 2.24) is 14.8 Å². The van der Waals surface area contributed by atoms with Gasteiger partial charge in [0, 0.05) is 34.5 Å². The fraction of sp³-hybridized carbons (Fsp3) is 0.0952. The molecule has 0 amide bonds. The second-order valence-electron chi connectivity index (χ2n) is 5.99. The molecule has 0 aliphatic heterocycles. The fourth-order valence-corrected chi connectivity index (χ4v) is 3.85. The number of hydrogen-bond acceptors (Lipinski definition) is 4. The molecule has 1 N–H and O–H groups in total. The Labute approximate surface area is 156 Å². The van der Waals surface area contributed by atoms with Crippen LogP contribution in [0.4, 0.5) is 0 Å². The standard InChI is InChI=1S/C21H18N4S/c1-2-16(10-22)19-8-9-20-21(24-19)18(14-26-20)17-11-23-25(13-17)12-15-6-4-3-5-7-15/h2-11,13-14,22H,12H2,1H3/b16-2+,22-10?. The van der Waals surface area contributed by atoms with Crippen molar-refractivity contribution in [2.75, 3.05) is 0 Å². The number of thiophene rings is 1. The van der Waals surface area contributed by atoms with E-state index in [1.54, 1.807) is 11.3 Å². The van der Waals surface area contributed by atoms with Crippen LogP contribution in [0.3, 0.4) is 0 Å². The minimum Gasteiger partial charge on any atom is -0.308 e. The summed E-state index contributed by atoms with van der Waals surface area (Å²) in [5, 5.41) is 14.2. The van der Waals surface area contributed by atoms with Gasteiger partial charge in [-0.05, 0) is 24.6 Å². The van der Waals surface area contributed by atoms with Gasteiger partial charge < -0.3 is 5.41 Å². The van der Waals surface area contributed by atoms with E-state index >= 15 is 0 Å². The van der Waals surface area contributed by atoms with E-state index in [0.717, 1.165) is 39.2 Å². The molecule has 4 aromatic rings. The first-order valence-electron chi connectivity index (χ1n) is 8.40. The van der Waals surface area contributed by atoms with E-state index < -0.39 is 0 Å². The average molecular weight is 358 g/mol. The molecule has 1 aromatic carbocycles. The molecule has 3 heterocycles. The quantitative estimate of drug-likeness (QED) is 0.495. The first-order chi connectivity index (χ1) is 12.8. The van der Waals surface area contributed by atoms with Crippen molar-refractivity contribution in [2.45, 2.75) is 13.5 Å². The number of pyridine rings is 1. The molecule has 0 unspecified atom stereocenters. The van der Waals surface area contributed by atoms with Gasteiger partial charge in [0.1, 0.15) is 0 Å². The molecule has 0 saturated carbocycles.